The van der Waals surface area contributed by atoms with Gasteiger partial charge in [0.25, 0.3) is 11.8 Å². The molecule has 0 saturated carbocycles. The maximum absolute atomic E-state index is 13.0. The molecule has 212 valence electrons. The minimum Gasteiger partial charge on any atom is -0.505 e. The summed E-state index contributed by atoms with van der Waals surface area (Å²) in [6.45, 7) is 0.349. The van der Waals surface area contributed by atoms with Crippen molar-refractivity contribution in [3.05, 3.63) is 82.8 Å². The van der Waals surface area contributed by atoms with Gasteiger partial charge in [0.05, 0.1) is 18.0 Å². The van der Waals surface area contributed by atoms with Crippen LogP contribution >= 0.6 is 0 Å². The van der Waals surface area contributed by atoms with Crippen LogP contribution in [0.4, 0.5) is 11.4 Å². The fourth-order valence-electron chi connectivity index (χ4n) is 3.43. The molecule has 14 nitrogen and oxygen atoms in total. The van der Waals surface area contributed by atoms with Crippen molar-refractivity contribution < 1.29 is 48.8 Å². The maximum atomic E-state index is 13.0. The van der Waals surface area contributed by atoms with E-state index in [9.17, 15) is 33.9 Å². The Morgan fingerprint density at radius 1 is 0.829 bits per heavy atom. The SMILES string of the molecule is CCOC(=O)C1=C(O)C(Nc2ccc(C(=O)NCC(=O)O)cc2)=CC(=O)C1=Nc1ccc(C(=O)NCC(=O)O)cc1. The fourth-order valence-corrected chi connectivity index (χ4v) is 3.43. The summed E-state index contributed by atoms with van der Waals surface area (Å²) in [6, 6.07) is 11.1. The number of carbonyl (C=O) groups excluding carboxylic acids is 4. The van der Waals surface area contributed by atoms with Gasteiger partial charge in [0, 0.05) is 22.9 Å². The third-order valence-electron chi connectivity index (χ3n) is 5.31. The molecule has 0 unspecified atom stereocenters. The van der Waals surface area contributed by atoms with Crippen molar-refractivity contribution in [3.8, 4) is 0 Å². The summed E-state index contributed by atoms with van der Waals surface area (Å²) >= 11 is 0. The molecule has 0 aromatic heterocycles. The van der Waals surface area contributed by atoms with Crippen LogP contribution in [0.25, 0.3) is 0 Å². The minimum absolute atomic E-state index is 0.0604. The summed E-state index contributed by atoms with van der Waals surface area (Å²) in [5.74, 6) is -6.07. The molecule has 0 radical (unpaired) electrons. The average Bonchev–Trinajstić information content (AvgIpc) is 2.94. The van der Waals surface area contributed by atoms with Crippen LogP contribution < -0.4 is 16.0 Å². The van der Waals surface area contributed by atoms with Crippen molar-refractivity contribution in [2.45, 2.75) is 6.92 Å². The van der Waals surface area contributed by atoms with E-state index in [-0.39, 0.29) is 29.1 Å². The van der Waals surface area contributed by atoms with E-state index in [1.165, 1.54) is 55.5 Å². The number of nitrogens with zero attached hydrogens (tertiary/aromatic N) is 1. The Kier molecular flexibility index (Phi) is 9.67. The summed E-state index contributed by atoms with van der Waals surface area (Å²) < 4.78 is 5.01. The quantitative estimate of drug-likeness (QED) is 0.169. The number of hydrogen-bond acceptors (Lipinski definition) is 10. The molecule has 1 aliphatic carbocycles. The van der Waals surface area contributed by atoms with E-state index in [0.29, 0.717) is 5.69 Å². The van der Waals surface area contributed by atoms with Gasteiger partial charge in [-0.2, -0.15) is 0 Å². The highest BCUT2D eigenvalue weighted by molar-refractivity contribution is 6.56. The third kappa shape index (κ3) is 7.86. The van der Waals surface area contributed by atoms with Crippen molar-refractivity contribution >= 4 is 52.6 Å². The lowest BCUT2D eigenvalue weighted by Crippen LogP contribution is -2.30. The first-order valence-corrected chi connectivity index (χ1v) is 11.9. The van der Waals surface area contributed by atoms with Gasteiger partial charge in [0.1, 0.15) is 24.4 Å². The monoisotopic (exact) mass is 564 g/mol. The molecule has 0 heterocycles. The number of carboxylic acid groups (broad SMARTS) is 2. The third-order valence-corrected chi connectivity index (χ3v) is 5.31. The Morgan fingerprint density at radius 3 is 1.83 bits per heavy atom. The average molecular weight is 565 g/mol. The molecule has 41 heavy (non-hydrogen) atoms. The normalized spacial score (nSPS) is 13.7. The van der Waals surface area contributed by atoms with Crippen LogP contribution in [0.2, 0.25) is 0 Å². The Bertz CT molecular complexity index is 1490. The number of allylic oxidation sites excluding steroid dienone is 1. The molecule has 2 amide bonds. The highest BCUT2D eigenvalue weighted by atomic mass is 16.5. The number of aliphatic imine (C=N–C) groups is 1. The van der Waals surface area contributed by atoms with E-state index < -0.39 is 65.6 Å². The van der Waals surface area contributed by atoms with Gasteiger partial charge in [-0.15, -0.1) is 0 Å². The summed E-state index contributed by atoms with van der Waals surface area (Å²) in [6.07, 6.45) is 1.01. The van der Waals surface area contributed by atoms with Crippen LogP contribution in [-0.4, -0.2) is 76.2 Å². The number of aliphatic hydroxyl groups excluding tert-OH is 1. The number of nitrogens with one attached hydrogen (secondary N) is 3. The number of ether oxygens (including phenoxy) is 1. The lowest BCUT2D eigenvalue weighted by molar-refractivity contribution is -0.138. The van der Waals surface area contributed by atoms with E-state index >= 15 is 0 Å². The summed E-state index contributed by atoms with van der Waals surface area (Å²) in [4.78, 5) is 75.3. The number of carbonyl (C=O) groups is 6. The van der Waals surface area contributed by atoms with Crippen molar-refractivity contribution in [2.24, 2.45) is 4.99 Å². The van der Waals surface area contributed by atoms with Crippen LogP contribution in [0.5, 0.6) is 0 Å². The first kappa shape index (κ1) is 29.8. The molecule has 0 fully saturated rings. The van der Waals surface area contributed by atoms with Gasteiger partial charge >= 0.3 is 17.9 Å². The number of hydrogen-bond donors (Lipinski definition) is 6. The zero-order valence-corrected chi connectivity index (χ0v) is 21.5. The minimum atomic E-state index is -1.21. The summed E-state index contributed by atoms with van der Waals surface area (Å²) in [7, 11) is 0. The van der Waals surface area contributed by atoms with Crippen LogP contribution in [0.3, 0.4) is 0 Å². The van der Waals surface area contributed by atoms with Crippen molar-refractivity contribution in [1.29, 1.82) is 0 Å². The van der Waals surface area contributed by atoms with Crippen LogP contribution in [-0.2, 0) is 23.9 Å². The number of benzene rings is 2. The lowest BCUT2D eigenvalue weighted by Gasteiger charge is -2.19. The molecule has 0 atom stereocenters. The second kappa shape index (κ2) is 13.3. The van der Waals surface area contributed by atoms with Gasteiger partial charge in [-0.3, -0.25) is 24.0 Å². The zero-order chi connectivity index (χ0) is 30.1. The number of amides is 2. The molecule has 1 aliphatic rings. The van der Waals surface area contributed by atoms with Gasteiger partial charge in [-0.25, -0.2) is 9.79 Å². The Morgan fingerprint density at radius 2 is 1.34 bits per heavy atom. The molecule has 2 aromatic rings. The molecule has 2 aromatic carbocycles. The first-order chi connectivity index (χ1) is 19.5. The van der Waals surface area contributed by atoms with Gasteiger partial charge in [-0.05, 0) is 55.5 Å². The fraction of sp³-hybridized carbons (Fsp3) is 0.148. The van der Waals surface area contributed by atoms with Crippen molar-refractivity contribution in [3.63, 3.8) is 0 Å². The van der Waals surface area contributed by atoms with Crippen molar-refractivity contribution in [1.82, 2.24) is 10.6 Å². The zero-order valence-electron chi connectivity index (χ0n) is 21.5. The van der Waals surface area contributed by atoms with Crippen LogP contribution in [0, 0.1) is 0 Å². The smallest absolute Gasteiger partial charge is 0.344 e. The number of ketones is 1. The second-order valence-corrected chi connectivity index (χ2v) is 8.23. The number of aliphatic carboxylic acids is 2. The Balaban J connectivity index is 1.86. The van der Waals surface area contributed by atoms with Gasteiger partial charge in [0.15, 0.2) is 5.76 Å². The van der Waals surface area contributed by atoms with E-state index in [1.54, 1.807) is 0 Å². The molecular formula is C27H24N4O10. The highest BCUT2D eigenvalue weighted by Crippen LogP contribution is 2.26. The summed E-state index contributed by atoms with van der Waals surface area (Å²) in [5.41, 5.74) is -0.298. The Labute approximate surface area is 232 Å². The molecule has 14 heteroatoms. The lowest BCUT2D eigenvalue weighted by atomic mass is 9.97. The largest absolute Gasteiger partial charge is 0.505 e. The van der Waals surface area contributed by atoms with E-state index in [2.05, 4.69) is 20.9 Å². The first-order valence-electron chi connectivity index (χ1n) is 11.9. The number of anilines is 1. The predicted molar refractivity (Wildman–Crippen MR) is 143 cm³/mol. The predicted octanol–water partition coefficient (Wildman–Crippen LogP) is 1.34. The van der Waals surface area contributed by atoms with Crippen molar-refractivity contribution in [2.75, 3.05) is 25.0 Å². The second-order valence-electron chi connectivity index (χ2n) is 8.23. The number of carboxylic acids is 2. The molecule has 0 bridgehead atoms. The number of esters is 1. The Hall–Kier alpha value is -5.79. The van der Waals surface area contributed by atoms with E-state index in [1.807, 2.05) is 0 Å². The topological polar surface area (TPSA) is 221 Å². The molecule has 6 N–H and O–H groups in total. The van der Waals surface area contributed by atoms with Gasteiger partial charge in [0.2, 0.25) is 5.78 Å². The summed E-state index contributed by atoms with van der Waals surface area (Å²) in [5, 5.41) is 35.5. The molecule has 0 aliphatic heterocycles. The van der Waals surface area contributed by atoms with E-state index in [4.69, 9.17) is 14.9 Å². The highest BCUT2D eigenvalue weighted by Gasteiger charge is 2.33. The number of rotatable bonds is 11. The number of aliphatic hydroxyl groups is 1. The molecule has 0 saturated heterocycles. The van der Waals surface area contributed by atoms with Crippen LogP contribution in [0.1, 0.15) is 27.6 Å². The standard InChI is InChI=1S/C27H24N4O10/c1-2-41-27(40)22-23(31-17-9-5-15(6-10-17)26(39)29-13-21(35)36)19(32)11-18(24(22)37)30-16-7-3-14(4-8-16)25(38)28-12-20(33)34/h3-11,30,37H,2,12-13H2,1H3,(H,28,38)(H,29,39)(H,33,34)(H,35,36). The molecule has 3 rings (SSSR count). The van der Waals surface area contributed by atoms with E-state index in [0.717, 1.165) is 6.08 Å². The van der Waals surface area contributed by atoms with Gasteiger partial charge < -0.3 is 36.0 Å². The molecular weight excluding hydrogens is 540 g/mol. The van der Waals surface area contributed by atoms with Crippen LogP contribution in [0.15, 0.2) is 76.6 Å². The maximum Gasteiger partial charge on any atom is 0.344 e. The molecule has 0 spiro atoms. The van der Waals surface area contributed by atoms with Gasteiger partial charge in [-0.1, -0.05) is 0 Å².